The Morgan fingerprint density at radius 1 is 0.963 bits per heavy atom. The SMILES string of the molecule is O=C(Nc1cc(Cl)ccc1Cl)c1ccc(OCCSc2ccccc2)cc1. The van der Waals surface area contributed by atoms with Gasteiger partial charge in [0.2, 0.25) is 0 Å². The topological polar surface area (TPSA) is 38.3 Å². The maximum absolute atomic E-state index is 12.3. The second-order valence-electron chi connectivity index (χ2n) is 5.61. The maximum Gasteiger partial charge on any atom is 0.255 e. The third-order valence-electron chi connectivity index (χ3n) is 3.66. The molecular weight excluding hydrogens is 401 g/mol. The normalized spacial score (nSPS) is 10.4. The minimum atomic E-state index is -0.259. The van der Waals surface area contributed by atoms with Crippen LogP contribution in [0.4, 0.5) is 5.69 Å². The second-order valence-corrected chi connectivity index (χ2v) is 7.62. The van der Waals surface area contributed by atoms with Gasteiger partial charge in [0, 0.05) is 21.2 Å². The Balaban J connectivity index is 1.50. The molecule has 3 aromatic rings. The third-order valence-corrected chi connectivity index (χ3v) is 5.20. The van der Waals surface area contributed by atoms with Crippen molar-refractivity contribution < 1.29 is 9.53 Å². The van der Waals surface area contributed by atoms with E-state index in [9.17, 15) is 4.79 Å². The van der Waals surface area contributed by atoms with Crippen LogP contribution in [0.25, 0.3) is 0 Å². The number of ether oxygens (including phenoxy) is 1. The quantitative estimate of drug-likeness (QED) is 0.356. The first-order valence-corrected chi connectivity index (χ1v) is 10.0. The number of rotatable bonds is 7. The van der Waals surface area contributed by atoms with Gasteiger partial charge in [-0.1, -0.05) is 41.4 Å². The zero-order chi connectivity index (χ0) is 19.1. The summed E-state index contributed by atoms with van der Waals surface area (Å²) in [6.45, 7) is 0.587. The van der Waals surface area contributed by atoms with E-state index in [-0.39, 0.29) is 5.91 Å². The lowest BCUT2D eigenvalue weighted by molar-refractivity contribution is 0.102. The van der Waals surface area contributed by atoms with Crippen molar-refractivity contribution in [2.24, 2.45) is 0 Å². The third kappa shape index (κ3) is 5.93. The number of halogens is 2. The van der Waals surface area contributed by atoms with E-state index in [4.69, 9.17) is 27.9 Å². The Morgan fingerprint density at radius 2 is 1.70 bits per heavy atom. The summed E-state index contributed by atoms with van der Waals surface area (Å²) in [5.74, 6) is 1.31. The van der Waals surface area contributed by atoms with Crippen molar-refractivity contribution in [1.82, 2.24) is 0 Å². The molecule has 1 N–H and O–H groups in total. The molecule has 6 heteroatoms. The first-order valence-electron chi connectivity index (χ1n) is 8.29. The number of thioether (sulfide) groups is 1. The lowest BCUT2D eigenvalue weighted by atomic mass is 10.2. The van der Waals surface area contributed by atoms with Gasteiger partial charge in [-0.25, -0.2) is 0 Å². The minimum absolute atomic E-state index is 0.259. The van der Waals surface area contributed by atoms with Crippen LogP contribution in [0.15, 0.2) is 77.7 Å². The Kier molecular flexibility index (Phi) is 7.04. The molecule has 0 saturated heterocycles. The predicted molar refractivity (Wildman–Crippen MR) is 114 cm³/mol. The van der Waals surface area contributed by atoms with Crippen LogP contribution in [0.5, 0.6) is 5.75 Å². The van der Waals surface area contributed by atoms with Crippen LogP contribution in [-0.4, -0.2) is 18.3 Å². The number of carbonyl (C=O) groups excluding carboxylic acids is 1. The van der Waals surface area contributed by atoms with Gasteiger partial charge in [-0.15, -0.1) is 11.8 Å². The van der Waals surface area contributed by atoms with Crippen molar-refractivity contribution in [2.75, 3.05) is 17.7 Å². The Hall–Kier alpha value is -2.14. The summed E-state index contributed by atoms with van der Waals surface area (Å²) in [6.07, 6.45) is 0. The number of carbonyl (C=O) groups is 1. The van der Waals surface area contributed by atoms with Crippen molar-refractivity contribution in [2.45, 2.75) is 4.90 Å². The smallest absolute Gasteiger partial charge is 0.255 e. The molecule has 0 unspecified atom stereocenters. The van der Waals surface area contributed by atoms with Gasteiger partial charge in [-0.3, -0.25) is 4.79 Å². The van der Waals surface area contributed by atoms with Crippen molar-refractivity contribution in [3.63, 3.8) is 0 Å². The number of hydrogen-bond acceptors (Lipinski definition) is 3. The fourth-order valence-electron chi connectivity index (χ4n) is 2.33. The van der Waals surface area contributed by atoms with E-state index in [1.807, 2.05) is 18.2 Å². The summed E-state index contributed by atoms with van der Waals surface area (Å²) in [5, 5.41) is 3.70. The van der Waals surface area contributed by atoms with Crippen LogP contribution < -0.4 is 10.1 Å². The van der Waals surface area contributed by atoms with Crippen LogP contribution in [0.2, 0.25) is 10.0 Å². The van der Waals surface area contributed by atoms with Gasteiger partial charge in [0.05, 0.1) is 17.3 Å². The average molecular weight is 418 g/mol. The monoisotopic (exact) mass is 417 g/mol. The van der Waals surface area contributed by atoms with Crippen LogP contribution >= 0.6 is 35.0 Å². The average Bonchev–Trinajstić information content (AvgIpc) is 2.69. The molecule has 0 saturated carbocycles. The molecule has 27 heavy (non-hydrogen) atoms. The molecule has 1 amide bonds. The molecule has 3 nitrogen and oxygen atoms in total. The number of anilines is 1. The van der Waals surface area contributed by atoms with Crippen LogP contribution in [-0.2, 0) is 0 Å². The molecule has 0 heterocycles. The molecule has 0 spiro atoms. The van der Waals surface area contributed by atoms with E-state index in [2.05, 4.69) is 17.4 Å². The van der Waals surface area contributed by atoms with E-state index in [0.717, 1.165) is 11.5 Å². The molecule has 3 aromatic carbocycles. The van der Waals surface area contributed by atoms with E-state index in [1.165, 1.54) is 4.90 Å². The summed E-state index contributed by atoms with van der Waals surface area (Å²) >= 11 is 13.8. The van der Waals surface area contributed by atoms with Crippen molar-refractivity contribution in [3.05, 3.63) is 88.4 Å². The molecule has 0 aromatic heterocycles. The van der Waals surface area contributed by atoms with Crippen molar-refractivity contribution in [1.29, 1.82) is 0 Å². The molecule has 0 fully saturated rings. The highest BCUT2D eigenvalue weighted by molar-refractivity contribution is 7.99. The first-order chi connectivity index (χ1) is 13.1. The summed E-state index contributed by atoms with van der Waals surface area (Å²) < 4.78 is 5.72. The van der Waals surface area contributed by atoms with Crippen molar-refractivity contribution in [3.8, 4) is 5.75 Å². The summed E-state index contributed by atoms with van der Waals surface area (Å²) in [5.41, 5.74) is 0.990. The largest absolute Gasteiger partial charge is 0.493 e. The second kappa shape index (κ2) is 9.70. The number of nitrogens with one attached hydrogen (secondary N) is 1. The predicted octanol–water partition coefficient (Wildman–Crippen LogP) is 6.42. The highest BCUT2D eigenvalue weighted by Crippen LogP contribution is 2.26. The molecular formula is C21H17Cl2NO2S. The zero-order valence-corrected chi connectivity index (χ0v) is 16.7. The Morgan fingerprint density at radius 3 is 2.44 bits per heavy atom. The van der Waals surface area contributed by atoms with Crippen LogP contribution in [0.3, 0.4) is 0 Å². The van der Waals surface area contributed by atoms with Gasteiger partial charge in [0.1, 0.15) is 5.75 Å². The van der Waals surface area contributed by atoms with E-state index in [1.54, 1.807) is 54.2 Å². The van der Waals surface area contributed by atoms with Gasteiger partial charge >= 0.3 is 0 Å². The molecule has 138 valence electrons. The van der Waals surface area contributed by atoms with Gasteiger partial charge in [0.15, 0.2) is 0 Å². The Bertz CT molecular complexity index is 902. The number of benzene rings is 3. The maximum atomic E-state index is 12.3. The van der Waals surface area contributed by atoms with E-state index < -0.39 is 0 Å². The van der Waals surface area contributed by atoms with Gasteiger partial charge in [-0.05, 0) is 54.6 Å². The molecule has 3 rings (SSSR count). The van der Waals surface area contributed by atoms with E-state index >= 15 is 0 Å². The molecule has 0 aliphatic rings. The van der Waals surface area contributed by atoms with Crippen LogP contribution in [0.1, 0.15) is 10.4 Å². The first kappa shape index (κ1) is 19.6. The number of hydrogen-bond donors (Lipinski definition) is 1. The minimum Gasteiger partial charge on any atom is -0.493 e. The lowest BCUT2D eigenvalue weighted by Crippen LogP contribution is -2.12. The van der Waals surface area contributed by atoms with Crippen molar-refractivity contribution >= 4 is 46.6 Å². The molecule has 0 aliphatic carbocycles. The fourth-order valence-corrected chi connectivity index (χ4v) is 3.41. The van der Waals surface area contributed by atoms with Gasteiger partial charge in [-0.2, -0.15) is 0 Å². The van der Waals surface area contributed by atoms with Crippen LogP contribution in [0, 0.1) is 0 Å². The number of amides is 1. The summed E-state index contributed by atoms with van der Waals surface area (Å²) in [6, 6.07) is 22.1. The standard InChI is InChI=1S/C21H17Cl2NO2S/c22-16-8-11-19(23)20(14-16)24-21(25)15-6-9-17(10-7-15)26-12-13-27-18-4-2-1-3-5-18/h1-11,14H,12-13H2,(H,24,25). The highest BCUT2D eigenvalue weighted by Gasteiger charge is 2.09. The highest BCUT2D eigenvalue weighted by atomic mass is 35.5. The molecule has 0 bridgehead atoms. The van der Waals surface area contributed by atoms with E-state index in [0.29, 0.717) is 27.9 Å². The Labute approximate surface area is 172 Å². The summed E-state index contributed by atoms with van der Waals surface area (Å²) in [4.78, 5) is 13.6. The van der Waals surface area contributed by atoms with Gasteiger partial charge in [0.25, 0.3) is 5.91 Å². The fraction of sp³-hybridized carbons (Fsp3) is 0.0952. The molecule has 0 aliphatic heterocycles. The zero-order valence-electron chi connectivity index (χ0n) is 14.3. The molecule has 0 atom stereocenters. The summed E-state index contributed by atoms with van der Waals surface area (Å²) in [7, 11) is 0. The van der Waals surface area contributed by atoms with Gasteiger partial charge < -0.3 is 10.1 Å². The molecule has 0 radical (unpaired) electrons. The lowest BCUT2D eigenvalue weighted by Gasteiger charge is -2.09.